The third-order valence-corrected chi connectivity index (χ3v) is 4.20. The molecule has 27 heavy (non-hydrogen) atoms. The second-order valence-electron chi connectivity index (χ2n) is 6.49. The van der Waals surface area contributed by atoms with E-state index < -0.39 is 0 Å². The second-order valence-corrected chi connectivity index (χ2v) is 6.49. The molecule has 3 aromatic rings. The van der Waals surface area contributed by atoms with E-state index in [4.69, 9.17) is 4.42 Å². The Kier molecular flexibility index (Phi) is 6.25. The molecule has 2 aromatic heterocycles. The Morgan fingerprint density at radius 3 is 2.74 bits per heavy atom. The number of aryl methyl sites for hydroxylation is 3. The summed E-state index contributed by atoms with van der Waals surface area (Å²) in [6, 6.07) is 8.13. The van der Waals surface area contributed by atoms with Gasteiger partial charge in [-0.3, -0.25) is 9.67 Å². The molecule has 1 aromatic carbocycles. The summed E-state index contributed by atoms with van der Waals surface area (Å²) in [5, 5.41) is 10.8. The minimum atomic E-state index is 0.553. The summed E-state index contributed by atoms with van der Waals surface area (Å²) in [6.45, 7) is 3.45. The number of aliphatic imine (C=N–C) groups is 1. The predicted molar refractivity (Wildman–Crippen MR) is 106 cm³/mol. The molecule has 7 heteroatoms. The van der Waals surface area contributed by atoms with Crippen LogP contribution in [0, 0.1) is 6.92 Å². The SMILES string of the molecule is CN=C(NCCCc1cnn(C)c1)NCc1coc(-c2ccc(C)cc2)n1. The van der Waals surface area contributed by atoms with E-state index in [1.807, 2.05) is 36.3 Å². The van der Waals surface area contributed by atoms with Crippen LogP contribution in [0.15, 0.2) is 52.3 Å². The van der Waals surface area contributed by atoms with Crippen molar-refractivity contribution in [1.82, 2.24) is 25.4 Å². The summed E-state index contributed by atoms with van der Waals surface area (Å²) in [6.07, 6.45) is 7.62. The highest BCUT2D eigenvalue weighted by Crippen LogP contribution is 2.18. The molecule has 3 rings (SSSR count). The molecule has 0 fully saturated rings. The fraction of sp³-hybridized carbons (Fsp3) is 0.350. The molecular formula is C20H26N6O. The zero-order chi connectivity index (χ0) is 19.1. The van der Waals surface area contributed by atoms with Crippen molar-refractivity contribution >= 4 is 5.96 Å². The summed E-state index contributed by atoms with van der Waals surface area (Å²) in [4.78, 5) is 8.78. The van der Waals surface area contributed by atoms with E-state index in [2.05, 4.69) is 44.8 Å². The van der Waals surface area contributed by atoms with Crippen molar-refractivity contribution in [3.8, 4) is 11.5 Å². The number of hydrogen-bond acceptors (Lipinski definition) is 4. The zero-order valence-electron chi connectivity index (χ0n) is 16.1. The van der Waals surface area contributed by atoms with Gasteiger partial charge in [0.05, 0.1) is 18.4 Å². The Morgan fingerprint density at radius 1 is 1.22 bits per heavy atom. The quantitative estimate of drug-likeness (QED) is 0.382. The largest absolute Gasteiger partial charge is 0.444 e. The van der Waals surface area contributed by atoms with Crippen LogP contribution in [0.4, 0.5) is 0 Å². The maximum absolute atomic E-state index is 5.59. The molecule has 0 atom stereocenters. The van der Waals surface area contributed by atoms with Crippen molar-refractivity contribution in [1.29, 1.82) is 0 Å². The molecule has 0 saturated carbocycles. The highest BCUT2D eigenvalue weighted by atomic mass is 16.3. The summed E-state index contributed by atoms with van der Waals surface area (Å²) in [7, 11) is 3.69. The molecule has 0 unspecified atom stereocenters. The van der Waals surface area contributed by atoms with Crippen LogP contribution in [-0.4, -0.2) is 34.3 Å². The lowest BCUT2D eigenvalue weighted by Gasteiger charge is -2.10. The number of nitrogens with zero attached hydrogens (tertiary/aromatic N) is 4. The Labute approximate surface area is 159 Å². The van der Waals surface area contributed by atoms with Gasteiger partial charge in [0.15, 0.2) is 5.96 Å². The minimum Gasteiger partial charge on any atom is -0.444 e. The Balaban J connectivity index is 1.43. The number of benzene rings is 1. The van der Waals surface area contributed by atoms with Crippen molar-refractivity contribution in [3.05, 3.63) is 59.7 Å². The number of hydrogen-bond donors (Lipinski definition) is 2. The smallest absolute Gasteiger partial charge is 0.226 e. The van der Waals surface area contributed by atoms with Crippen molar-refractivity contribution < 1.29 is 4.42 Å². The van der Waals surface area contributed by atoms with Crippen molar-refractivity contribution in [2.24, 2.45) is 12.0 Å². The van der Waals surface area contributed by atoms with Gasteiger partial charge in [-0.15, -0.1) is 0 Å². The molecular weight excluding hydrogens is 340 g/mol. The first-order valence-electron chi connectivity index (χ1n) is 9.07. The molecule has 0 bridgehead atoms. The Hall–Kier alpha value is -3.09. The van der Waals surface area contributed by atoms with Gasteiger partial charge in [-0.25, -0.2) is 4.98 Å². The molecule has 142 valence electrons. The van der Waals surface area contributed by atoms with Gasteiger partial charge >= 0.3 is 0 Å². The van der Waals surface area contributed by atoms with Crippen LogP contribution in [0.5, 0.6) is 0 Å². The van der Waals surface area contributed by atoms with E-state index >= 15 is 0 Å². The van der Waals surface area contributed by atoms with E-state index in [1.165, 1.54) is 11.1 Å². The van der Waals surface area contributed by atoms with Crippen LogP contribution in [-0.2, 0) is 20.0 Å². The van der Waals surface area contributed by atoms with Crippen LogP contribution < -0.4 is 10.6 Å². The van der Waals surface area contributed by atoms with Crippen LogP contribution in [0.3, 0.4) is 0 Å². The topological polar surface area (TPSA) is 80.3 Å². The minimum absolute atomic E-state index is 0.553. The van der Waals surface area contributed by atoms with Crippen LogP contribution in [0.25, 0.3) is 11.5 Å². The van der Waals surface area contributed by atoms with Gasteiger partial charge in [0.1, 0.15) is 6.26 Å². The number of oxazole rings is 1. The maximum Gasteiger partial charge on any atom is 0.226 e. The monoisotopic (exact) mass is 366 g/mol. The average molecular weight is 366 g/mol. The van der Waals surface area contributed by atoms with Crippen molar-refractivity contribution in [2.75, 3.05) is 13.6 Å². The molecule has 0 spiro atoms. The third-order valence-electron chi connectivity index (χ3n) is 4.20. The molecule has 7 nitrogen and oxygen atoms in total. The molecule has 2 heterocycles. The van der Waals surface area contributed by atoms with Gasteiger partial charge in [-0.1, -0.05) is 17.7 Å². The second kappa shape index (κ2) is 9.02. The summed E-state index contributed by atoms with van der Waals surface area (Å²) in [5.74, 6) is 1.38. The van der Waals surface area contributed by atoms with Gasteiger partial charge in [0, 0.05) is 32.4 Å². The predicted octanol–water partition coefficient (Wildman–Crippen LogP) is 2.68. The van der Waals surface area contributed by atoms with Gasteiger partial charge < -0.3 is 15.1 Å². The first kappa shape index (κ1) is 18.7. The standard InChI is InChI=1S/C20H26N6O/c1-15-6-8-17(9-7-15)19-25-18(14-27-19)12-23-20(21-2)22-10-4-5-16-11-24-26(3)13-16/h6-9,11,13-14H,4-5,10,12H2,1-3H3,(H2,21,22,23). The van der Waals surface area contributed by atoms with E-state index in [0.29, 0.717) is 12.4 Å². The molecule has 0 saturated heterocycles. The average Bonchev–Trinajstić information content (AvgIpc) is 3.31. The molecule has 0 aliphatic carbocycles. The Bertz CT molecular complexity index is 878. The first-order chi connectivity index (χ1) is 13.1. The number of nitrogens with one attached hydrogen (secondary N) is 2. The highest BCUT2D eigenvalue weighted by molar-refractivity contribution is 5.79. The highest BCUT2D eigenvalue weighted by Gasteiger charge is 2.07. The molecule has 0 aliphatic heterocycles. The maximum atomic E-state index is 5.59. The number of rotatable bonds is 7. The number of aromatic nitrogens is 3. The van der Waals surface area contributed by atoms with E-state index in [0.717, 1.165) is 36.6 Å². The lowest BCUT2D eigenvalue weighted by molar-refractivity contribution is 0.572. The molecule has 2 N–H and O–H groups in total. The van der Waals surface area contributed by atoms with Crippen LogP contribution in [0.2, 0.25) is 0 Å². The molecule has 0 aliphatic rings. The van der Waals surface area contributed by atoms with Gasteiger partial charge in [0.2, 0.25) is 5.89 Å². The molecule has 0 amide bonds. The third kappa shape index (κ3) is 5.44. The lowest BCUT2D eigenvalue weighted by atomic mass is 10.1. The van der Waals surface area contributed by atoms with Gasteiger partial charge in [-0.05, 0) is 37.5 Å². The van der Waals surface area contributed by atoms with Crippen LogP contribution in [0.1, 0.15) is 23.2 Å². The number of guanidine groups is 1. The fourth-order valence-electron chi connectivity index (χ4n) is 2.71. The fourth-order valence-corrected chi connectivity index (χ4v) is 2.71. The van der Waals surface area contributed by atoms with E-state index in [9.17, 15) is 0 Å². The summed E-state index contributed by atoms with van der Waals surface area (Å²) < 4.78 is 7.41. The van der Waals surface area contributed by atoms with Crippen molar-refractivity contribution in [2.45, 2.75) is 26.3 Å². The zero-order valence-corrected chi connectivity index (χ0v) is 16.1. The molecule has 0 radical (unpaired) electrons. The van der Waals surface area contributed by atoms with Crippen LogP contribution >= 0.6 is 0 Å². The summed E-state index contributed by atoms with van der Waals surface area (Å²) >= 11 is 0. The van der Waals surface area contributed by atoms with Crippen molar-refractivity contribution in [3.63, 3.8) is 0 Å². The Morgan fingerprint density at radius 2 is 2.04 bits per heavy atom. The first-order valence-corrected chi connectivity index (χ1v) is 9.07. The summed E-state index contributed by atoms with van der Waals surface area (Å²) in [5.41, 5.74) is 4.27. The van der Waals surface area contributed by atoms with Gasteiger partial charge in [0.25, 0.3) is 0 Å². The lowest BCUT2D eigenvalue weighted by Crippen LogP contribution is -2.37. The van der Waals surface area contributed by atoms with Gasteiger partial charge in [-0.2, -0.15) is 5.10 Å². The normalized spacial score (nSPS) is 11.6. The van der Waals surface area contributed by atoms with E-state index in [1.54, 1.807) is 13.3 Å². The van der Waals surface area contributed by atoms with E-state index in [-0.39, 0.29) is 0 Å².